The number of benzene rings is 1. The van der Waals surface area contributed by atoms with Crippen molar-refractivity contribution in [3.8, 4) is 17.2 Å². The lowest BCUT2D eigenvalue weighted by Gasteiger charge is -2.16. The van der Waals surface area contributed by atoms with Crippen molar-refractivity contribution in [3.05, 3.63) is 35.3 Å². The fourth-order valence-corrected chi connectivity index (χ4v) is 2.38. The van der Waals surface area contributed by atoms with E-state index in [4.69, 9.17) is 18.9 Å². The molecule has 2 rings (SSSR count). The number of carbonyl (C=O) groups excluding carboxylic acids is 2. The molecule has 0 bridgehead atoms. The second kappa shape index (κ2) is 9.00. The third-order valence-corrected chi connectivity index (χ3v) is 3.82. The number of cyclic esters (lactones) is 1. The normalized spacial score (nSPS) is 17.4. The van der Waals surface area contributed by atoms with E-state index in [-0.39, 0.29) is 0 Å². The van der Waals surface area contributed by atoms with Crippen LogP contribution in [0.5, 0.6) is 17.2 Å². The summed E-state index contributed by atoms with van der Waals surface area (Å²) in [6.07, 6.45) is -0.597. The number of aliphatic hydroxyl groups is 3. The van der Waals surface area contributed by atoms with Crippen LogP contribution in [-0.4, -0.2) is 67.4 Å². The summed E-state index contributed by atoms with van der Waals surface area (Å²) >= 11 is 0. The van der Waals surface area contributed by atoms with E-state index in [1.807, 2.05) is 0 Å². The summed E-state index contributed by atoms with van der Waals surface area (Å²) in [7, 11) is 4.37. The molecule has 10 heteroatoms. The molecule has 1 aromatic rings. The lowest BCUT2D eigenvalue weighted by Crippen LogP contribution is -2.33. The number of esters is 2. The summed E-state index contributed by atoms with van der Waals surface area (Å²) in [5.41, 5.74) is 0.457. The van der Waals surface area contributed by atoms with Crippen molar-refractivity contribution in [1.82, 2.24) is 0 Å². The molecule has 0 radical (unpaired) electrons. The highest BCUT2D eigenvalue weighted by Crippen LogP contribution is 2.35. The fourth-order valence-electron chi connectivity index (χ4n) is 2.38. The first kappa shape index (κ1) is 20.9. The van der Waals surface area contributed by atoms with E-state index in [2.05, 4.69) is 4.74 Å². The highest BCUT2D eigenvalue weighted by Gasteiger charge is 2.39. The maximum atomic E-state index is 11.9. The lowest BCUT2D eigenvalue weighted by atomic mass is 10.1. The van der Waals surface area contributed by atoms with Crippen LogP contribution in [0.15, 0.2) is 29.7 Å². The predicted molar refractivity (Wildman–Crippen MR) is 94.3 cm³/mol. The van der Waals surface area contributed by atoms with Crippen LogP contribution in [-0.2, 0) is 19.1 Å². The van der Waals surface area contributed by atoms with Gasteiger partial charge < -0.3 is 39.0 Å². The molecule has 2 atom stereocenters. The first-order valence-corrected chi connectivity index (χ1v) is 7.98. The summed E-state index contributed by atoms with van der Waals surface area (Å²) in [4.78, 5) is 23.0. The molecule has 0 amide bonds. The van der Waals surface area contributed by atoms with Gasteiger partial charge in [0.25, 0.3) is 0 Å². The molecule has 3 N–H and O–H groups in total. The molecule has 1 aliphatic heterocycles. The maximum absolute atomic E-state index is 11.9. The molecule has 0 unspecified atom stereocenters. The van der Waals surface area contributed by atoms with E-state index in [0.29, 0.717) is 22.8 Å². The van der Waals surface area contributed by atoms with Crippen LogP contribution in [0, 0.1) is 0 Å². The number of carbonyl (C=O) groups is 2. The molecule has 0 saturated carbocycles. The van der Waals surface area contributed by atoms with Crippen molar-refractivity contribution in [1.29, 1.82) is 0 Å². The molecule has 0 spiro atoms. The van der Waals surface area contributed by atoms with Crippen LogP contribution in [0.4, 0.5) is 0 Å². The molecule has 10 nitrogen and oxygen atoms in total. The van der Waals surface area contributed by atoms with Gasteiger partial charge in [0.05, 0.1) is 26.9 Å². The average molecular weight is 396 g/mol. The van der Waals surface area contributed by atoms with Crippen LogP contribution < -0.4 is 14.2 Å². The Morgan fingerprint density at radius 3 is 2.25 bits per heavy atom. The van der Waals surface area contributed by atoms with E-state index < -0.39 is 42.3 Å². The summed E-state index contributed by atoms with van der Waals surface area (Å²) < 4.78 is 25.1. The summed E-state index contributed by atoms with van der Waals surface area (Å²) in [6, 6.07) is 3.21. The first-order chi connectivity index (χ1) is 13.3. The van der Waals surface area contributed by atoms with E-state index in [1.54, 1.807) is 12.1 Å². The molecular formula is C18H20O10. The number of ether oxygens (including phenoxy) is 5. The van der Waals surface area contributed by atoms with Gasteiger partial charge >= 0.3 is 11.9 Å². The molecule has 0 fully saturated rings. The third-order valence-electron chi connectivity index (χ3n) is 3.82. The van der Waals surface area contributed by atoms with E-state index in [1.165, 1.54) is 27.4 Å². The molecule has 152 valence electrons. The van der Waals surface area contributed by atoms with Crippen molar-refractivity contribution in [2.24, 2.45) is 0 Å². The largest absolute Gasteiger partial charge is 0.505 e. The molecule has 1 aromatic carbocycles. The summed E-state index contributed by atoms with van der Waals surface area (Å²) in [5.74, 6) is -2.53. The van der Waals surface area contributed by atoms with E-state index in [9.17, 15) is 24.9 Å². The molecule has 28 heavy (non-hydrogen) atoms. The molecule has 0 aliphatic carbocycles. The third kappa shape index (κ3) is 4.46. The van der Waals surface area contributed by atoms with Crippen molar-refractivity contribution < 1.29 is 48.6 Å². The van der Waals surface area contributed by atoms with Crippen molar-refractivity contribution in [2.45, 2.75) is 12.2 Å². The Kier molecular flexibility index (Phi) is 6.72. The first-order valence-electron chi connectivity index (χ1n) is 7.98. The minimum atomic E-state index is -1.56. The molecule has 0 aromatic heterocycles. The van der Waals surface area contributed by atoms with Gasteiger partial charge in [0.2, 0.25) is 5.76 Å². The smallest absolute Gasteiger partial charge is 0.377 e. The second-order valence-electron chi connectivity index (χ2n) is 5.54. The second-order valence-corrected chi connectivity index (χ2v) is 5.54. The van der Waals surface area contributed by atoms with Crippen molar-refractivity contribution in [3.63, 3.8) is 0 Å². The van der Waals surface area contributed by atoms with Crippen molar-refractivity contribution >= 4 is 18.0 Å². The lowest BCUT2D eigenvalue weighted by molar-refractivity contribution is -0.151. The Hall–Kier alpha value is -3.40. The van der Waals surface area contributed by atoms with Crippen LogP contribution in [0.3, 0.4) is 0 Å². The van der Waals surface area contributed by atoms with Crippen molar-refractivity contribution in [2.75, 3.05) is 27.9 Å². The number of hydrogen-bond acceptors (Lipinski definition) is 10. The van der Waals surface area contributed by atoms with Gasteiger partial charge in [0.15, 0.2) is 11.9 Å². The number of hydrogen-bond donors (Lipinski definition) is 3. The fraction of sp³-hybridized carbons (Fsp3) is 0.333. The highest BCUT2D eigenvalue weighted by molar-refractivity contribution is 5.89. The monoisotopic (exact) mass is 396 g/mol. The Morgan fingerprint density at radius 1 is 1.18 bits per heavy atom. The Bertz CT molecular complexity index is 786. The average Bonchev–Trinajstić information content (AvgIpc) is 2.96. The Morgan fingerprint density at radius 2 is 1.79 bits per heavy atom. The van der Waals surface area contributed by atoms with Gasteiger partial charge in [-0.25, -0.2) is 9.59 Å². The van der Waals surface area contributed by atoms with E-state index >= 15 is 0 Å². The number of aliphatic hydroxyl groups excluding tert-OH is 3. The van der Waals surface area contributed by atoms with Gasteiger partial charge in [-0.05, 0) is 6.08 Å². The standard InChI is InChI=1S/C18H20O10/c1-24-9-6-12(25-2)10(13(7-9)26-3)4-5-14(20)27-8-11(19)17-15(21)16(22)18(23)28-17/h4-7,11,17,19,21-22H,8H2,1-3H3/b5-4+/t11-,17-/m1/s1. The zero-order valence-corrected chi connectivity index (χ0v) is 15.4. The van der Waals surface area contributed by atoms with Crippen LogP contribution in [0.25, 0.3) is 6.08 Å². The van der Waals surface area contributed by atoms with Gasteiger partial charge in [0, 0.05) is 18.2 Å². The number of rotatable bonds is 8. The minimum Gasteiger partial charge on any atom is -0.505 e. The zero-order valence-electron chi connectivity index (χ0n) is 15.4. The van der Waals surface area contributed by atoms with E-state index in [0.717, 1.165) is 6.08 Å². The Labute approximate surface area is 160 Å². The van der Waals surface area contributed by atoms with Gasteiger partial charge in [-0.15, -0.1) is 0 Å². The quantitative estimate of drug-likeness (QED) is 0.428. The van der Waals surface area contributed by atoms with Gasteiger partial charge in [-0.3, -0.25) is 0 Å². The summed E-state index contributed by atoms with van der Waals surface area (Å²) in [5, 5.41) is 28.6. The van der Waals surface area contributed by atoms with Gasteiger partial charge in [-0.2, -0.15) is 0 Å². The predicted octanol–water partition coefficient (Wildman–Crippen LogP) is 0.883. The minimum absolute atomic E-state index is 0.392. The molecular weight excluding hydrogens is 376 g/mol. The zero-order chi connectivity index (χ0) is 20.8. The number of methoxy groups -OCH3 is 3. The topological polar surface area (TPSA) is 141 Å². The SMILES string of the molecule is COc1cc(OC)c(/C=C/C(=O)OC[C@@H](O)[C@H]2OC(=O)C(O)=C2O)c(OC)c1. The maximum Gasteiger partial charge on any atom is 0.377 e. The van der Waals surface area contributed by atoms with Crippen LogP contribution in [0.1, 0.15) is 5.56 Å². The van der Waals surface area contributed by atoms with Crippen LogP contribution >= 0.6 is 0 Å². The Balaban J connectivity index is 2.04. The molecule has 1 aliphatic rings. The van der Waals surface area contributed by atoms with Gasteiger partial charge in [-0.1, -0.05) is 0 Å². The summed E-state index contributed by atoms with van der Waals surface area (Å²) in [6.45, 7) is -0.588. The van der Waals surface area contributed by atoms with Gasteiger partial charge in [0.1, 0.15) is 30.0 Å². The van der Waals surface area contributed by atoms with Crippen LogP contribution in [0.2, 0.25) is 0 Å². The highest BCUT2D eigenvalue weighted by atomic mass is 16.6. The molecule has 0 saturated heterocycles. The molecule has 1 heterocycles.